The van der Waals surface area contributed by atoms with E-state index in [4.69, 9.17) is 10.00 Å². The summed E-state index contributed by atoms with van der Waals surface area (Å²) in [6.07, 6.45) is 3.61. The van der Waals surface area contributed by atoms with E-state index in [2.05, 4.69) is 65.0 Å². The summed E-state index contributed by atoms with van der Waals surface area (Å²) in [6.45, 7) is 12.1. The first-order valence-electron chi connectivity index (χ1n) is 7.85. The minimum absolute atomic E-state index is 0.170. The molecule has 0 atom stereocenters. The van der Waals surface area contributed by atoms with Gasteiger partial charge in [-0.3, -0.25) is 0 Å². The highest BCUT2D eigenvalue weighted by molar-refractivity contribution is 5.31. The molecule has 0 aliphatic rings. The first kappa shape index (κ1) is 17.6. The van der Waals surface area contributed by atoms with Gasteiger partial charge < -0.3 is 4.74 Å². The van der Waals surface area contributed by atoms with Crippen LogP contribution in [-0.4, -0.2) is 6.61 Å². The lowest BCUT2D eigenvalue weighted by molar-refractivity contribution is 0.283. The Bertz CT molecular complexity index is 460. The summed E-state index contributed by atoms with van der Waals surface area (Å²) in [5.74, 6) is 0.919. The Labute approximate surface area is 130 Å². The number of benzene rings is 1. The Kier molecular flexibility index (Phi) is 6.27. The molecule has 0 N–H and O–H groups in total. The highest BCUT2D eigenvalue weighted by Crippen LogP contribution is 2.36. The number of nitrogens with zero attached hydrogens (tertiary/aromatic N) is 1. The zero-order chi connectivity index (χ0) is 15.9. The van der Waals surface area contributed by atoms with Gasteiger partial charge in [-0.15, -0.1) is 0 Å². The number of rotatable bonds is 7. The molecule has 0 heterocycles. The van der Waals surface area contributed by atoms with E-state index in [9.17, 15) is 0 Å². The third kappa shape index (κ3) is 6.67. The fraction of sp³-hybridized carbons (Fsp3) is 0.632. The standard InChI is InChI=1S/C19H29NO/c1-18(2,3)15-19(4,5)16-9-11-17(12-10-16)21-14-8-6-7-13-20/h9-12H,6-8,14-15H2,1-5H3. The smallest absolute Gasteiger partial charge is 0.119 e. The van der Waals surface area contributed by atoms with E-state index in [1.54, 1.807) is 0 Å². The summed E-state index contributed by atoms with van der Waals surface area (Å²) in [4.78, 5) is 0. The molecule has 0 fully saturated rings. The number of ether oxygens (including phenoxy) is 1. The molecule has 2 heteroatoms. The molecule has 0 amide bonds. The lowest BCUT2D eigenvalue weighted by Gasteiger charge is -2.33. The fourth-order valence-electron chi connectivity index (χ4n) is 2.93. The zero-order valence-electron chi connectivity index (χ0n) is 14.2. The van der Waals surface area contributed by atoms with Crippen LogP contribution < -0.4 is 4.74 Å². The average molecular weight is 287 g/mol. The Hall–Kier alpha value is -1.49. The molecule has 0 aliphatic carbocycles. The van der Waals surface area contributed by atoms with Crippen molar-refractivity contribution in [2.45, 2.75) is 65.7 Å². The fourth-order valence-corrected chi connectivity index (χ4v) is 2.93. The highest BCUT2D eigenvalue weighted by Gasteiger charge is 2.27. The van der Waals surface area contributed by atoms with Gasteiger partial charge in [0.05, 0.1) is 12.7 Å². The molecule has 116 valence electrons. The highest BCUT2D eigenvalue weighted by atomic mass is 16.5. The third-order valence-corrected chi connectivity index (χ3v) is 3.56. The van der Waals surface area contributed by atoms with Crippen LogP contribution in [0.15, 0.2) is 24.3 Å². The minimum Gasteiger partial charge on any atom is -0.494 e. The molecule has 0 radical (unpaired) electrons. The first-order chi connectivity index (χ1) is 9.74. The van der Waals surface area contributed by atoms with Crippen molar-refractivity contribution in [3.8, 4) is 11.8 Å². The van der Waals surface area contributed by atoms with Gasteiger partial charge in [0.2, 0.25) is 0 Å². The Morgan fingerprint density at radius 2 is 1.62 bits per heavy atom. The quantitative estimate of drug-likeness (QED) is 0.623. The summed E-state index contributed by atoms with van der Waals surface area (Å²) < 4.78 is 5.71. The molecule has 0 spiro atoms. The van der Waals surface area contributed by atoms with Crippen LogP contribution >= 0.6 is 0 Å². The van der Waals surface area contributed by atoms with Crippen molar-refractivity contribution >= 4 is 0 Å². The zero-order valence-corrected chi connectivity index (χ0v) is 14.2. The van der Waals surface area contributed by atoms with Crippen LogP contribution in [0.25, 0.3) is 0 Å². The molecule has 0 aromatic heterocycles. The molecule has 21 heavy (non-hydrogen) atoms. The van der Waals surface area contributed by atoms with Crippen molar-refractivity contribution < 1.29 is 4.74 Å². The monoisotopic (exact) mass is 287 g/mol. The van der Waals surface area contributed by atoms with Crippen LogP contribution in [0.1, 0.15) is 65.9 Å². The predicted octanol–water partition coefficient (Wildman–Crippen LogP) is 5.47. The number of hydrogen-bond donors (Lipinski definition) is 0. The largest absolute Gasteiger partial charge is 0.494 e. The van der Waals surface area contributed by atoms with Crippen LogP contribution in [0, 0.1) is 16.7 Å². The number of hydrogen-bond acceptors (Lipinski definition) is 2. The topological polar surface area (TPSA) is 33.0 Å². The molecule has 2 nitrogen and oxygen atoms in total. The molecular weight excluding hydrogens is 258 g/mol. The summed E-state index contributed by atoms with van der Waals surface area (Å²) in [5, 5.41) is 8.48. The summed E-state index contributed by atoms with van der Waals surface area (Å²) in [5.41, 5.74) is 1.84. The van der Waals surface area contributed by atoms with Gasteiger partial charge in [-0.2, -0.15) is 5.26 Å². The molecular formula is C19H29NO. The third-order valence-electron chi connectivity index (χ3n) is 3.56. The Morgan fingerprint density at radius 3 is 2.14 bits per heavy atom. The van der Waals surface area contributed by atoms with Crippen LogP contribution in [-0.2, 0) is 5.41 Å². The number of unbranched alkanes of at least 4 members (excludes halogenated alkanes) is 2. The Morgan fingerprint density at radius 1 is 1.00 bits per heavy atom. The van der Waals surface area contributed by atoms with Gasteiger partial charge in [-0.05, 0) is 47.8 Å². The SMILES string of the molecule is CC(C)(C)CC(C)(C)c1ccc(OCCCCC#N)cc1. The van der Waals surface area contributed by atoms with E-state index in [1.807, 2.05) is 0 Å². The molecule has 0 saturated heterocycles. The van der Waals surface area contributed by atoms with Crippen LogP contribution in [0.5, 0.6) is 5.75 Å². The van der Waals surface area contributed by atoms with Gasteiger partial charge >= 0.3 is 0 Å². The first-order valence-corrected chi connectivity index (χ1v) is 7.85. The molecule has 1 rings (SSSR count). The second-order valence-electron chi connectivity index (χ2n) is 7.61. The van der Waals surface area contributed by atoms with Crippen molar-refractivity contribution in [1.29, 1.82) is 5.26 Å². The normalized spacial score (nSPS) is 12.0. The van der Waals surface area contributed by atoms with Gasteiger partial charge in [0.15, 0.2) is 0 Å². The predicted molar refractivity (Wildman–Crippen MR) is 88.5 cm³/mol. The molecule has 0 bridgehead atoms. The Balaban J connectivity index is 2.55. The molecule has 0 saturated carbocycles. The van der Waals surface area contributed by atoms with Crippen LogP contribution in [0.2, 0.25) is 0 Å². The molecule has 1 aromatic rings. The van der Waals surface area contributed by atoms with Crippen molar-refractivity contribution in [2.24, 2.45) is 5.41 Å². The van der Waals surface area contributed by atoms with E-state index < -0.39 is 0 Å². The maximum Gasteiger partial charge on any atom is 0.119 e. The van der Waals surface area contributed by atoms with Crippen LogP contribution in [0.4, 0.5) is 0 Å². The van der Waals surface area contributed by atoms with Gasteiger partial charge in [-0.25, -0.2) is 0 Å². The summed E-state index contributed by atoms with van der Waals surface area (Å²) >= 11 is 0. The molecule has 1 aromatic carbocycles. The van der Waals surface area contributed by atoms with Crippen LogP contribution in [0.3, 0.4) is 0 Å². The van der Waals surface area contributed by atoms with Crippen molar-refractivity contribution in [3.05, 3.63) is 29.8 Å². The van der Waals surface area contributed by atoms with E-state index in [0.29, 0.717) is 18.4 Å². The summed E-state index contributed by atoms with van der Waals surface area (Å²) in [6, 6.07) is 10.6. The van der Waals surface area contributed by atoms with Crippen molar-refractivity contribution in [2.75, 3.05) is 6.61 Å². The van der Waals surface area contributed by atoms with E-state index >= 15 is 0 Å². The second-order valence-corrected chi connectivity index (χ2v) is 7.61. The van der Waals surface area contributed by atoms with Gasteiger partial charge in [0, 0.05) is 6.42 Å². The van der Waals surface area contributed by atoms with Gasteiger partial charge in [0.1, 0.15) is 5.75 Å². The van der Waals surface area contributed by atoms with Crippen molar-refractivity contribution in [1.82, 2.24) is 0 Å². The lowest BCUT2D eigenvalue weighted by Crippen LogP contribution is -2.24. The molecule has 0 aliphatic heterocycles. The number of nitriles is 1. The lowest BCUT2D eigenvalue weighted by atomic mass is 9.72. The molecule has 0 unspecified atom stereocenters. The van der Waals surface area contributed by atoms with E-state index in [-0.39, 0.29) is 5.41 Å². The maximum atomic E-state index is 8.48. The van der Waals surface area contributed by atoms with E-state index in [1.165, 1.54) is 5.56 Å². The average Bonchev–Trinajstić information content (AvgIpc) is 2.36. The maximum absolute atomic E-state index is 8.48. The van der Waals surface area contributed by atoms with Crippen molar-refractivity contribution in [3.63, 3.8) is 0 Å². The second kappa shape index (κ2) is 7.50. The van der Waals surface area contributed by atoms with Gasteiger partial charge in [-0.1, -0.05) is 46.8 Å². The summed E-state index contributed by atoms with van der Waals surface area (Å²) in [7, 11) is 0. The van der Waals surface area contributed by atoms with E-state index in [0.717, 1.165) is 25.0 Å². The van der Waals surface area contributed by atoms with Gasteiger partial charge in [0.25, 0.3) is 0 Å². The minimum atomic E-state index is 0.170.